The van der Waals surface area contributed by atoms with Gasteiger partial charge in [0.2, 0.25) is 0 Å². The van der Waals surface area contributed by atoms with Crippen LogP contribution >= 0.6 is 0 Å². The van der Waals surface area contributed by atoms with E-state index in [1.807, 2.05) is 13.8 Å². The van der Waals surface area contributed by atoms with Crippen molar-refractivity contribution in [1.29, 1.82) is 0 Å². The minimum atomic E-state index is -1.34. The summed E-state index contributed by atoms with van der Waals surface area (Å²) in [7, 11) is 0. The van der Waals surface area contributed by atoms with Gasteiger partial charge in [0.15, 0.2) is 0 Å². The Kier molecular flexibility index (Phi) is 2.05. The molecule has 4 aliphatic carbocycles. The minimum absolute atomic E-state index is 0.0792. The Morgan fingerprint density at radius 3 is 1.33 bits per heavy atom. The predicted molar refractivity (Wildman–Crippen MR) is 61.0 cm³/mol. The summed E-state index contributed by atoms with van der Waals surface area (Å²) >= 11 is 0. The summed E-state index contributed by atoms with van der Waals surface area (Å²) in [6, 6.07) is -2.69. The molecule has 0 aliphatic heterocycles. The van der Waals surface area contributed by atoms with Crippen LogP contribution in [0.25, 0.3) is 0 Å². The molecule has 0 atom stereocenters. The third-order valence-corrected chi connectivity index (χ3v) is 5.42. The molecular weight excluding hydrogens is 238 g/mol. The third kappa shape index (κ3) is 1.38. The molecule has 0 spiro atoms. The third-order valence-electron chi connectivity index (χ3n) is 5.42. The van der Waals surface area contributed by atoms with Crippen LogP contribution in [0.3, 0.4) is 0 Å². The Morgan fingerprint density at radius 1 is 0.722 bits per heavy atom. The van der Waals surface area contributed by atoms with Crippen LogP contribution in [0.1, 0.15) is 52.4 Å². The average molecular weight is 256 g/mol. The second-order valence-electron chi connectivity index (χ2n) is 7.79. The molecule has 0 aromatic rings. The number of rotatable bonds is 2. The van der Waals surface area contributed by atoms with Gasteiger partial charge in [-0.25, -0.2) is 0 Å². The molecule has 100 valence electrons. The molecule has 0 heterocycles. The summed E-state index contributed by atoms with van der Waals surface area (Å²) in [6.45, 7) is 3.94. The first-order chi connectivity index (χ1) is 8.13. The van der Waals surface area contributed by atoms with Gasteiger partial charge in [-0.2, -0.15) is 8.78 Å². The average Bonchev–Trinajstić information content (AvgIpc) is 2.10. The number of carbonyl (C=O) groups is 2. The molecular formula is C14H18F2O2. The maximum Gasteiger partial charge on any atom is 0.307 e. The van der Waals surface area contributed by atoms with Crippen molar-refractivity contribution in [2.75, 3.05) is 0 Å². The van der Waals surface area contributed by atoms with Gasteiger partial charge in [-0.3, -0.25) is 9.59 Å². The Morgan fingerprint density at radius 2 is 1.06 bits per heavy atom. The molecule has 4 rings (SSSR count). The maximum atomic E-state index is 13.5. The zero-order valence-electron chi connectivity index (χ0n) is 10.8. The zero-order valence-corrected chi connectivity index (χ0v) is 10.8. The molecule has 4 bridgehead atoms. The molecule has 18 heavy (non-hydrogen) atoms. The highest BCUT2D eigenvalue weighted by atomic mass is 19.1. The molecule has 4 heteroatoms. The van der Waals surface area contributed by atoms with Crippen LogP contribution in [-0.2, 0) is 9.59 Å². The summed E-state index contributed by atoms with van der Waals surface area (Å²) in [5.74, 6) is 0. The number of hydrogen-bond acceptors (Lipinski definition) is 2. The van der Waals surface area contributed by atoms with Gasteiger partial charge in [0, 0.05) is 0 Å². The van der Waals surface area contributed by atoms with Crippen LogP contribution in [0.15, 0.2) is 0 Å². The van der Waals surface area contributed by atoms with E-state index in [0.717, 1.165) is 6.42 Å². The van der Waals surface area contributed by atoms with Crippen LogP contribution in [-0.4, -0.2) is 12.1 Å². The predicted octanol–water partition coefficient (Wildman–Crippen LogP) is 3.35. The molecule has 0 radical (unpaired) electrons. The van der Waals surface area contributed by atoms with Crippen molar-refractivity contribution >= 4 is 12.1 Å². The van der Waals surface area contributed by atoms with Gasteiger partial charge >= 0.3 is 12.1 Å². The maximum absolute atomic E-state index is 13.5. The SMILES string of the molecule is CC12CC3(C)CC(C(=O)F)(C1)CC(C(=O)F)(C2)C3. The van der Waals surface area contributed by atoms with Crippen LogP contribution < -0.4 is 0 Å². The standard InChI is InChI=1S/C14H18F2O2/c1-11-3-12(2)6-13(4-11,9(15)17)8-14(5-11,7-12)10(16)18/h3-8H2,1-2H3. The first kappa shape index (κ1) is 12.2. The van der Waals surface area contributed by atoms with Gasteiger partial charge < -0.3 is 0 Å². The van der Waals surface area contributed by atoms with E-state index in [4.69, 9.17) is 0 Å². The van der Waals surface area contributed by atoms with Gasteiger partial charge in [0.25, 0.3) is 0 Å². The second-order valence-corrected chi connectivity index (χ2v) is 7.79. The van der Waals surface area contributed by atoms with Crippen LogP contribution in [0, 0.1) is 21.7 Å². The quantitative estimate of drug-likeness (QED) is 0.710. The van der Waals surface area contributed by atoms with Crippen molar-refractivity contribution in [1.82, 2.24) is 0 Å². The van der Waals surface area contributed by atoms with Crippen LogP contribution in [0.4, 0.5) is 8.78 Å². The van der Waals surface area contributed by atoms with E-state index in [1.165, 1.54) is 0 Å². The van der Waals surface area contributed by atoms with E-state index in [9.17, 15) is 18.4 Å². The molecule has 0 aromatic heterocycles. The highest BCUT2D eigenvalue weighted by Crippen LogP contribution is 2.74. The normalized spacial score (nSPS) is 53.6. The number of halogens is 2. The largest absolute Gasteiger partial charge is 0.307 e. The Labute approximate surface area is 105 Å². The lowest BCUT2D eigenvalue weighted by atomic mass is 9.36. The Balaban J connectivity index is 2.15. The first-order valence-corrected chi connectivity index (χ1v) is 6.53. The second kappa shape index (κ2) is 3.02. The van der Waals surface area contributed by atoms with Crippen molar-refractivity contribution in [3.8, 4) is 0 Å². The smallest absolute Gasteiger partial charge is 0.261 e. The summed E-state index contributed by atoms with van der Waals surface area (Å²) in [4.78, 5) is 22.9. The lowest BCUT2D eigenvalue weighted by Gasteiger charge is -2.66. The molecule has 4 fully saturated rings. The molecule has 4 saturated carbocycles. The molecule has 0 unspecified atom stereocenters. The highest BCUT2D eigenvalue weighted by Gasteiger charge is 2.70. The summed E-state index contributed by atoms with van der Waals surface area (Å²) in [5, 5.41) is 0. The van der Waals surface area contributed by atoms with E-state index in [0.29, 0.717) is 25.7 Å². The van der Waals surface area contributed by atoms with E-state index >= 15 is 0 Å². The van der Waals surface area contributed by atoms with Gasteiger partial charge in [0.1, 0.15) is 0 Å². The van der Waals surface area contributed by atoms with E-state index < -0.39 is 22.9 Å². The fraction of sp³-hybridized carbons (Fsp3) is 0.857. The highest BCUT2D eigenvalue weighted by molar-refractivity contribution is 5.82. The van der Waals surface area contributed by atoms with Gasteiger partial charge in [-0.15, -0.1) is 0 Å². The monoisotopic (exact) mass is 256 g/mol. The topological polar surface area (TPSA) is 34.1 Å². The fourth-order valence-electron chi connectivity index (χ4n) is 6.11. The molecule has 2 nitrogen and oxygen atoms in total. The van der Waals surface area contributed by atoms with E-state index in [-0.39, 0.29) is 17.3 Å². The molecule has 0 N–H and O–H groups in total. The van der Waals surface area contributed by atoms with Crippen molar-refractivity contribution in [2.45, 2.75) is 52.4 Å². The summed E-state index contributed by atoms with van der Waals surface area (Å²) in [5.41, 5.74) is -2.74. The summed E-state index contributed by atoms with van der Waals surface area (Å²) in [6.07, 6.45) is 2.83. The van der Waals surface area contributed by atoms with E-state index in [2.05, 4.69) is 0 Å². The zero-order chi connectivity index (χ0) is 13.4. The number of hydrogen-bond donors (Lipinski definition) is 0. The van der Waals surface area contributed by atoms with Gasteiger partial charge in [-0.05, 0) is 49.4 Å². The summed E-state index contributed by atoms with van der Waals surface area (Å²) < 4.78 is 27.1. The lowest BCUT2D eigenvalue weighted by molar-refractivity contribution is -0.208. The molecule has 0 amide bonds. The van der Waals surface area contributed by atoms with Gasteiger partial charge in [-0.1, -0.05) is 13.8 Å². The lowest BCUT2D eigenvalue weighted by Crippen LogP contribution is -2.62. The van der Waals surface area contributed by atoms with Crippen molar-refractivity contribution in [2.24, 2.45) is 21.7 Å². The van der Waals surface area contributed by atoms with Crippen LogP contribution in [0.2, 0.25) is 0 Å². The molecule has 0 saturated heterocycles. The van der Waals surface area contributed by atoms with Crippen molar-refractivity contribution in [3.05, 3.63) is 0 Å². The number of carbonyl (C=O) groups excluding carboxylic acids is 2. The first-order valence-electron chi connectivity index (χ1n) is 6.53. The van der Waals surface area contributed by atoms with E-state index in [1.54, 1.807) is 0 Å². The fourth-order valence-corrected chi connectivity index (χ4v) is 6.11. The van der Waals surface area contributed by atoms with Gasteiger partial charge in [0.05, 0.1) is 10.8 Å². The molecule has 0 aromatic carbocycles. The molecule has 4 aliphatic rings. The Bertz CT molecular complexity index is 403. The minimum Gasteiger partial charge on any atom is -0.261 e. The van der Waals surface area contributed by atoms with Crippen molar-refractivity contribution in [3.63, 3.8) is 0 Å². The van der Waals surface area contributed by atoms with Crippen LogP contribution in [0.5, 0.6) is 0 Å². The Hall–Kier alpha value is -0.800. The van der Waals surface area contributed by atoms with Crippen molar-refractivity contribution < 1.29 is 18.4 Å².